The van der Waals surface area contributed by atoms with E-state index >= 15 is 0 Å². The minimum absolute atomic E-state index is 0.111. The Kier molecular flexibility index (Phi) is 3.88. The Bertz CT molecular complexity index is 447. The molecule has 0 amide bonds. The normalized spacial score (nSPS) is 21.6. The first-order valence-electron chi connectivity index (χ1n) is 5.95. The number of benzene rings is 1. The molecular formula is C12H15FN2O3. The highest BCUT2D eigenvalue weighted by Gasteiger charge is 2.25. The van der Waals surface area contributed by atoms with Gasteiger partial charge >= 0.3 is 0 Å². The zero-order chi connectivity index (χ0) is 13.1. The molecule has 2 unspecified atom stereocenters. The van der Waals surface area contributed by atoms with E-state index in [1.807, 2.05) is 0 Å². The van der Waals surface area contributed by atoms with Crippen molar-refractivity contribution in [2.75, 3.05) is 6.54 Å². The molecule has 1 fully saturated rings. The quantitative estimate of drug-likeness (QED) is 0.638. The third-order valence-electron chi connectivity index (χ3n) is 3.24. The summed E-state index contributed by atoms with van der Waals surface area (Å²) >= 11 is 0. The molecule has 0 spiro atoms. The molecule has 0 aromatic heterocycles. The van der Waals surface area contributed by atoms with Crippen LogP contribution in [0.3, 0.4) is 0 Å². The molecule has 98 valence electrons. The summed E-state index contributed by atoms with van der Waals surface area (Å²) in [6.07, 6.45) is 1.85. The number of rotatable bonds is 3. The predicted octanol–water partition coefficient (Wildman–Crippen LogP) is 1.91. The van der Waals surface area contributed by atoms with Gasteiger partial charge in [0.2, 0.25) is 0 Å². The van der Waals surface area contributed by atoms with Gasteiger partial charge in [-0.1, -0.05) is 6.42 Å². The van der Waals surface area contributed by atoms with E-state index in [0.717, 1.165) is 31.9 Å². The monoisotopic (exact) mass is 254 g/mol. The molecule has 0 aliphatic carbocycles. The number of nitro groups is 1. The molecule has 2 N–H and O–H groups in total. The van der Waals surface area contributed by atoms with Crippen molar-refractivity contribution >= 4 is 5.69 Å². The minimum Gasteiger partial charge on any atom is -0.387 e. The predicted molar refractivity (Wildman–Crippen MR) is 63.7 cm³/mol. The number of aliphatic hydroxyl groups is 1. The van der Waals surface area contributed by atoms with E-state index in [2.05, 4.69) is 5.32 Å². The summed E-state index contributed by atoms with van der Waals surface area (Å²) in [6.45, 7) is 0.802. The lowest BCUT2D eigenvalue weighted by molar-refractivity contribution is -0.385. The molecule has 2 rings (SSSR count). The van der Waals surface area contributed by atoms with Gasteiger partial charge in [-0.05, 0) is 25.5 Å². The fraction of sp³-hybridized carbons (Fsp3) is 0.500. The number of halogens is 1. The van der Waals surface area contributed by atoms with Crippen molar-refractivity contribution in [3.63, 3.8) is 0 Å². The minimum atomic E-state index is -0.967. The summed E-state index contributed by atoms with van der Waals surface area (Å²) in [6, 6.07) is 3.16. The average Bonchev–Trinajstić information content (AvgIpc) is 2.38. The van der Waals surface area contributed by atoms with Crippen LogP contribution >= 0.6 is 0 Å². The number of non-ortho nitro benzene ring substituents is 1. The second kappa shape index (κ2) is 5.41. The third-order valence-corrected chi connectivity index (χ3v) is 3.24. The second-order valence-electron chi connectivity index (χ2n) is 4.46. The van der Waals surface area contributed by atoms with Crippen molar-refractivity contribution in [3.05, 3.63) is 39.7 Å². The molecule has 6 heteroatoms. The fourth-order valence-electron chi connectivity index (χ4n) is 2.23. The maximum Gasteiger partial charge on any atom is 0.272 e. The van der Waals surface area contributed by atoms with Crippen LogP contribution in [0.15, 0.2) is 18.2 Å². The average molecular weight is 254 g/mol. The van der Waals surface area contributed by atoms with E-state index in [1.54, 1.807) is 0 Å². The molecular weight excluding hydrogens is 239 g/mol. The summed E-state index contributed by atoms with van der Waals surface area (Å²) in [5, 5.41) is 23.7. The number of hydrogen-bond donors (Lipinski definition) is 2. The van der Waals surface area contributed by atoms with E-state index in [4.69, 9.17) is 0 Å². The van der Waals surface area contributed by atoms with E-state index in [-0.39, 0.29) is 17.3 Å². The van der Waals surface area contributed by atoms with Gasteiger partial charge in [0.15, 0.2) is 0 Å². The van der Waals surface area contributed by atoms with Crippen LogP contribution in [0.25, 0.3) is 0 Å². The van der Waals surface area contributed by atoms with Crippen molar-refractivity contribution in [1.82, 2.24) is 5.32 Å². The second-order valence-corrected chi connectivity index (χ2v) is 4.46. The SMILES string of the molecule is O=[N+]([O-])c1ccc(C(O)C2CCCCN2)c(F)c1. The molecule has 0 radical (unpaired) electrons. The van der Waals surface area contributed by atoms with E-state index in [9.17, 15) is 19.6 Å². The third kappa shape index (κ3) is 2.65. The van der Waals surface area contributed by atoms with Crippen LogP contribution in [0.1, 0.15) is 30.9 Å². The standard InChI is InChI=1S/C12H15FN2O3/c13-10-7-8(15(17)18)4-5-9(10)12(16)11-3-1-2-6-14-11/h4-5,7,11-12,14,16H,1-3,6H2. The number of nitrogens with one attached hydrogen (secondary N) is 1. The van der Waals surface area contributed by atoms with Crippen LogP contribution in [0, 0.1) is 15.9 Å². The van der Waals surface area contributed by atoms with E-state index in [1.165, 1.54) is 12.1 Å². The highest BCUT2D eigenvalue weighted by Crippen LogP contribution is 2.27. The lowest BCUT2D eigenvalue weighted by atomic mass is 9.94. The zero-order valence-corrected chi connectivity index (χ0v) is 9.80. The number of aliphatic hydroxyl groups excluding tert-OH is 1. The number of hydrogen-bond acceptors (Lipinski definition) is 4. The first-order valence-corrected chi connectivity index (χ1v) is 5.95. The molecule has 18 heavy (non-hydrogen) atoms. The molecule has 5 nitrogen and oxygen atoms in total. The van der Waals surface area contributed by atoms with Crippen LogP contribution in [-0.4, -0.2) is 22.6 Å². The Balaban J connectivity index is 2.19. The Morgan fingerprint density at radius 2 is 2.28 bits per heavy atom. The number of piperidine rings is 1. The van der Waals surface area contributed by atoms with Gasteiger partial charge < -0.3 is 10.4 Å². The maximum absolute atomic E-state index is 13.7. The Morgan fingerprint density at radius 3 is 2.83 bits per heavy atom. The zero-order valence-electron chi connectivity index (χ0n) is 9.80. The molecule has 1 aromatic carbocycles. The van der Waals surface area contributed by atoms with E-state index < -0.39 is 16.8 Å². The number of nitrogens with zero attached hydrogens (tertiary/aromatic N) is 1. The summed E-state index contributed by atoms with van der Waals surface area (Å²) in [5.74, 6) is -0.732. The summed E-state index contributed by atoms with van der Waals surface area (Å²) in [7, 11) is 0. The molecule has 1 aliphatic heterocycles. The first kappa shape index (κ1) is 12.9. The molecule has 2 atom stereocenters. The lowest BCUT2D eigenvalue weighted by Gasteiger charge is -2.28. The van der Waals surface area contributed by atoms with Crippen LogP contribution in [0.4, 0.5) is 10.1 Å². The molecule has 1 saturated heterocycles. The Morgan fingerprint density at radius 1 is 1.50 bits per heavy atom. The largest absolute Gasteiger partial charge is 0.387 e. The first-order chi connectivity index (χ1) is 8.59. The molecule has 1 aromatic rings. The van der Waals surface area contributed by atoms with Crippen molar-refractivity contribution in [1.29, 1.82) is 0 Å². The van der Waals surface area contributed by atoms with Gasteiger partial charge in [-0.15, -0.1) is 0 Å². The molecule has 0 saturated carbocycles. The van der Waals surface area contributed by atoms with Gasteiger partial charge in [0, 0.05) is 17.7 Å². The highest BCUT2D eigenvalue weighted by molar-refractivity contribution is 5.35. The van der Waals surface area contributed by atoms with Crippen molar-refractivity contribution in [2.24, 2.45) is 0 Å². The fourth-order valence-corrected chi connectivity index (χ4v) is 2.23. The molecule has 0 bridgehead atoms. The van der Waals surface area contributed by atoms with Crippen LogP contribution in [0.5, 0.6) is 0 Å². The van der Waals surface area contributed by atoms with Crippen molar-refractivity contribution in [2.45, 2.75) is 31.4 Å². The van der Waals surface area contributed by atoms with Crippen molar-refractivity contribution < 1.29 is 14.4 Å². The number of nitro benzene ring substituents is 1. The van der Waals surface area contributed by atoms with E-state index in [0.29, 0.717) is 0 Å². The molecule has 1 heterocycles. The topological polar surface area (TPSA) is 75.4 Å². The Labute approximate surface area is 104 Å². The Hall–Kier alpha value is -1.53. The van der Waals surface area contributed by atoms with Crippen LogP contribution in [-0.2, 0) is 0 Å². The maximum atomic E-state index is 13.7. The van der Waals surface area contributed by atoms with Crippen LogP contribution in [0.2, 0.25) is 0 Å². The van der Waals surface area contributed by atoms with Gasteiger partial charge in [0.1, 0.15) is 5.82 Å². The van der Waals surface area contributed by atoms with Crippen LogP contribution < -0.4 is 5.32 Å². The van der Waals surface area contributed by atoms with Gasteiger partial charge in [-0.2, -0.15) is 0 Å². The van der Waals surface area contributed by atoms with Crippen molar-refractivity contribution in [3.8, 4) is 0 Å². The van der Waals surface area contributed by atoms with Gasteiger partial charge in [-0.3, -0.25) is 10.1 Å². The summed E-state index contributed by atoms with van der Waals surface area (Å²) < 4.78 is 13.7. The lowest BCUT2D eigenvalue weighted by Crippen LogP contribution is -2.39. The highest BCUT2D eigenvalue weighted by atomic mass is 19.1. The van der Waals surface area contributed by atoms with Gasteiger partial charge in [0.05, 0.1) is 17.1 Å². The smallest absolute Gasteiger partial charge is 0.272 e. The summed E-state index contributed by atoms with van der Waals surface area (Å²) in [5.41, 5.74) is -0.194. The van der Waals surface area contributed by atoms with Gasteiger partial charge in [-0.25, -0.2) is 4.39 Å². The summed E-state index contributed by atoms with van der Waals surface area (Å²) in [4.78, 5) is 9.85. The van der Waals surface area contributed by atoms with Gasteiger partial charge in [0.25, 0.3) is 5.69 Å². The molecule has 1 aliphatic rings.